The number of anilines is 1. The summed E-state index contributed by atoms with van der Waals surface area (Å²) < 4.78 is 10.5. The lowest BCUT2D eigenvalue weighted by Crippen LogP contribution is -2.33. The van der Waals surface area contributed by atoms with E-state index in [1.165, 1.54) is 12.5 Å². The molecule has 1 aromatic rings. The van der Waals surface area contributed by atoms with Crippen LogP contribution in [0.1, 0.15) is 33.1 Å². The molecule has 6 nitrogen and oxygen atoms in total. The average molecular weight is 292 g/mol. The molecular weight excluding hydrogens is 272 g/mol. The minimum absolute atomic E-state index is 0.0460. The Labute approximate surface area is 123 Å². The van der Waals surface area contributed by atoms with Crippen LogP contribution in [0.4, 0.5) is 11.4 Å². The number of nitro groups is 1. The number of nitro benzene ring substituents is 1. The fourth-order valence-electron chi connectivity index (χ4n) is 3.13. The first-order valence-corrected chi connectivity index (χ1v) is 7.39. The molecule has 114 valence electrons. The topological polar surface area (TPSA) is 73.6 Å². The van der Waals surface area contributed by atoms with Gasteiger partial charge in [0.15, 0.2) is 11.5 Å². The van der Waals surface area contributed by atoms with Crippen LogP contribution in [-0.2, 0) is 0 Å². The van der Waals surface area contributed by atoms with Gasteiger partial charge in [0, 0.05) is 12.1 Å². The van der Waals surface area contributed by atoms with Crippen molar-refractivity contribution in [3.05, 3.63) is 22.2 Å². The minimum Gasteiger partial charge on any atom is -0.454 e. The number of nitrogens with zero attached hydrogens (tertiary/aromatic N) is 1. The molecule has 1 heterocycles. The first-order valence-electron chi connectivity index (χ1n) is 7.39. The molecule has 2 aliphatic rings. The Morgan fingerprint density at radius 2 is 1.95 bits per heavy atom. The van der Waals surface area contributed by atoms with Gasteiger partial charge in [0.1, 0.15) is 5.69 Å². The van der Waals surface area contributed by atoms with Gasteiger partial charge in [-0.3, -0.25) is 10.1 Å². The maximum absolute atomic E-state index is 11.3. The van der Waals surface area contributed by atoms with E-state index in [-0.39, 0.29) is 23.4 Å². The van der Waals surface area contributed by atoms with Crippen molar-refractivity contribution in [2.45, 2.75) is 39.2 Å². The van der Waals surface area contributed by atoms with Crippen LogP contribution in [0, 0.1) is 22.0 Å². The van der Waals surface area contributed by atoms with Crippen LogP contribution in [-0.4, -0.2) is 17.8 Å². The summed E-state index contributed by atoms with van der Waals surface area (Å²) in [7, 11) is 0. The zero-order valence-corrected chi connectivity index (χ0v) is 12.3. The van der Waals surface area contributed by atoms with Crippen molar-refractivity contribution in [3.8, 4) is 11.5 Å². The van der Waals surface area contributed by atoms with E-state index in [4.69, 9.17) is 9.47 Å². The Balaban J connectivity index is 1.88. The van der Waals surface area contributed by atoms with Gasteiger partial charge in [0.25, 0.3) is 5.69 Å². The molecule has 0 bridgehead atoms. The van der Waals surface area contributed by atoms with Crippen LogP contribution in [0.15, 0.2) is 12.1 Å². The molecule has 1 N–H and O–H groups in total. The van der Waals surface area contributed by atoms with Crippen LogP contribution in [0.2, 0.25) is 0 Å². The van der Waals surface area contributed by atoms with Gasteiger partial charge in [-0.15, -0.1) is 0 Å². The highest BCUT2D eigenvalue weighted by molar-refractivity contribution is 5.69. The third kappa shape index (κ3) is 2.75. The minimum atomic E-state index is -0.374. The molecule has 0 aromatic heterocycles. The standard InChI is InChI=1S/C15H20N2O4/c1-9-3-4-10(2)11(5-9)16-12-6-14-15(21-8-20-14)7-13(12)17(18)19/h6-7,9-11,16H,3-5,8H2,1-2H3. The van der Waals surface area contributed by atoms with Gasteiger partial charge < -0.3 is 14.8 Å². The van der Waals surface area contributed by atoms with E-state index in [1.807, 2.05) is 0 Å². The van der Waals surface area contributed by atoms with Crippen molar-refractivity contribution < 1.29 is 14.4 Å². The second-order valence-corrected chi connectivity index (χ2v) is 6.13. The zero-order valence-electron chi connectivity index (χ0n) is 12.3. The first kappa shape index (κ1) is 14.0. The quantitative estimate of drug-likeness (QED) is 0.681. The van der Waals surface area contributed by atoms with E-state index in [2.05, 4.69) is 19.2 Å². The second kappa shape index (κ2) is 5.42. The predicted molar refractivity (Wildman–Crippen MR) is 78.8 cm³/mol. The lowest BCUT2D eigenvalue weighted by atomic mass is 9.80. The lowest BCUT2D eigenvalue weighted by molar-refractivity contribution is -0.384. The van der Waals surface area contributed by atoms with Gasteiger partial charge in [-0.25, -0.2) is 0 Å². The van der Waals surface area contributed by atoms with Gasteiger partial charge in [-0.05, 0) is 24.7 Å². The zero-order chi connectivity index (χ0) is 15.0. The predicted octanol–water partition coefficient (Wildman–Crippen LogP) is 3.56. The summed E-state index contributed by atoms with van der Waals surface area (Å²) in [6.45, 7) is 4.55. The molecular formula is C15H20N2O4. The fourth-order valence-corrected chi connectivity index (χ4v) is 3.13. The Bertz CT molecular complexity index is 561. The summed E-state index contributed by atoms with van der Waals surface area (Å²) in [4.78, 5) is 10.9. The van der Waals surface area contributed by atoms with Gasteiger partial charge in [0.05, 0.1) is 11.0 Å². The maximum atomic E-state index is 11.3. The average Bonchev–Trinajstić information content (AvgIpc) is 2.89. The molecule has 3 rings (SSSR count). The maximum Gasteiger partial charge on any atom is 0.296 e. The normalized spacial score (nSPS) is 27.4. The number of nitrogens with one attached hydrogen (secondary N) is 1. The van der Waals surface area contributed by atoms with Crippen molar-refractivity contribution in [3.63, 3.8) is 0 Å². The molecule has 0 amide bonds. The van der Waals surface area contributed by atoms with Crippen molar-refractivity contribution >= 4 is 11.4 Å². The summed E-state index contributed by atoms with van der Waals surface area (Å²) in [5.74, 6) is 2.16. The number of benzene rings is 1. The van der Waals surface area contributed by atoms with Gasteiger partial charge >= 0.3 is 0 Å². The lowest BCUT2D eigenvalue weighted by Gasteiger charge is -2.33. The Kier molecular flexibility index (Phi) is 3.61. The van der Waals surface area contributed by atoms with E-state index in [1.54, 1.807) is 6.07 Å². The molecule has 1 fully saturated rings. The smallest absolute Gasteiger partial charge is 0.296 e. The number of hydrogen-bond acceptors (Lipinski definition) is 5. The van der Waals surface area contributed by atoms with Crippen molar-refractivity contribution in [1.82, 2.24) is 0 Å². The van der Waals surface area contributed by atoms with E-state index in [0.29, 0.717) is 29.0 Å². The van der Waals surface area contributed by atoms with Crippen LogP contribution in [0.5, 0.6) is 11.5 Å². The van der Waals surface area contributed by atoms with E-state index in [0.717, 1.165) is 12.8 Å². The SMILES string of the molecule is CC1CCC(C)C(Nc2cc3c(cc2[N+](=O)[O-])OCO3)C1. The Morgan fingerprint density at radius 1 is 1.24 bits per heavy atom. The van der Waals surface area contributed by atoms with Gasteiger partial charge in [-0.1, -0.05) is 20.3 Å². The largest absolute Gasteiger partial charge is 0.454 e. The van der Waals surface area contributed by atoms with Gasteiger partial charge in [-0.2, -0.15) is 0 Å². The number of ether oxygens (including phenoxy) is 2. The molecule has 3 atom stereocenters. The van der Waals surface area contributed by atoms with Crippen molar-refractivity contribution in [2.24, 2.45) is 11.8 Å². The Hall–Kier alpha value is -1.98. The van der Waals surface area contributed by atoms with Crippen LogP contribution in [0.25, 0.3) is 0 Å². The highest BCUT2D eigenvalue weighted by atomic mass is 16.7. The highest BCUT2D eigenvalue weighted by Gasteiger charge is 2.29. The molecule has 0 radical (unpaired) electrons. The third-order valence-electron chi connectivity index (χ3n) is 4.49. The van der Waals surface area contributed by atoms with Crippen LogP contribution in [0.3, 0.4) is 0 Å². The molecule has 21 heavy (non-hydrogen) atoms. The summed E-state index contributed by atoms with van der Waals surface area (Å²) in [5, 5.41) is 14.6. The van der Waals surface area contributed by atoms with E-state index >= 15 is 0 Å². The molecule has 1 aromatic carbocycles. The number of hydrogen-bond donors (Lipinski definition) is 1. The molecule has 0 saturated heterocycles. The van der Waals surface area contributed by atoms with E-state index < -0.39 is 0 Å². The van der Waals surface area contributed by atoms with E-state index in [9.17, 15) is 10.1 Å². The number of rotatable bonds is 3. The highest BCUT2D eigenvalue weighted by Crippen LogP contribution is 2.42. The molecule has 1 aliphatic heterocycles. The second-order valence-electron chi connectivity index (χ2n) is 6.13. The molecule has 0 spiro atoms. The van der Waals surface area contributed by atoms with Gasteiger partial charge in [0.2, 0.25) is 6.79 Å². The first-order chi connectivity index (χ1) is 10.0. The molecule has 3 unspecified atom stereocenters. The molecule has 1 aliphatic carbocycles. The summed E-state index contributed by atoms with van der Waals surface area (Å²) in [6.07, 6.45) is 3.41. The van der Waals surface area contributed by atoms with Crippen molar-refractivity contribution in [1.29, 1.82) is 0 Å². The fraction of sp³-hybridized carbons (Fsp3) is 0.600. The van der Waals surface area contributed by atoms with Crippen LogP contribution >= 0.6 is 0 Å². The number of fused-ring (bicyclic) bond motifs is 1. The van der Waals surface area contributed by atoms with Crippen LogP contribution < -0.4 is 14.8 Å². The molecule has 1 saturated carbocycles. The Morgan fingerprint density at radius 3 is 2.67 bits per heavy atom. The summed E-state index contributed by atoms with van der Waals surface area (Å²) in [6, 6.07) is 3.39. The monoisotopic (exact) mass is 292 g/mol. The summed E-state index contributed by atoms with van der Waals surface area (Å²) >= 11 is 0. The molecule has 6 heteroatoms. The summed E-state index contributed by atoms with van der Waals surface area (Å²) in [5.41, 5.74) is 0.569. The third-order valence-corrected chi connectivity index (χ3v) is 4.49. The van der Waals surface area contributed by atoms with Crippen molar-refractivity contribution in [2.75, 3.05) is 12.1 Å².